The summed E-state index contributed by atoms with van der Waals surface area (Å²) in [6.07, 6.45) is -2.78. The first-order valence-corrected chi connectivity index (χ1v) is 4.89. The number of halogens is 4. The molecule has 0 aliphatic carbocycles. The minimum absolute atomic E-state index is 0.395. The predicted octanol–water partition coefficient (Wildman–Crippen LogP) is 3.51. The quantitative estimate of drug-likeness (QED) is 0.537. The molecule has 1 aromatic rings. The molecule has 0 bridgehead atoms. The summed E-state index contributed by atoms with van der Waals surface area (Å²) in [5, 5.41) is 0.464. The maximum atomic E-state index is 13.0. The molecule has 0 fully saturated rings. The molecule has 0 atom stereocenters. The first kappa shape index (κ1) is 11.1. The van der Waals surface area contributed by atoms with Gasteiger partial charge in [-0.3, -0.25) is 0 Å². The van der Waals surface area contributed by atoms with Crippen LogP contribution >= 0.6 is 15.9 Å². The van der Waals surface area contributed by atoms with Gasteiger partial charge in [0.2, 0.25) is 0 Å². The summed E-state index contributed by atoms with van der Waals surface area (Å²) in [5.74, 6) is 4.36. The summed E-state index contributed by atoms with van der Waals surface area (Å²) >= 11 is 3.08. The Morgan fingerprint density at radius 2 is 2.07 bits per heavy atom. The number of rotatable bonds is 1. The molecule has 74 valence electrons. The molecule has 0 aliphatic heterocycles. The van der Waals surface area contributed by atoms with Gasteiger partial charge in [-0.05, 0) is 18.2 Å². The lowest BCUT2D eigenvalue weighted by atomic mass is 10.1. The third-order valence-electron chi connectivity index (χ3n) is 1.54. The van der Waals surface area contributed by atoms with Crippen LogP contribution in [0.5, 0.6) is 0 Å². The number of alkyl halides is 3. The van der Waals surface area contributed by atoms with Crippen molar-refractivity contribution in [1.82, 2.24) is 0 Å². The van der Waals surface area contributed by atoms with Crippen LogP contribution in [0.4, 0.5) is 13.2 Å². The largest absolute Gasteiger partial charge is 0.266 e. The van der Waals surface area contributed by atoms with E-state index in [0.717, 1.165) is 12.1 Å². The molecule has 0 amide bonds. The molecule has 0 aliphatic rings. The Morgan fingerprint density at radius 1 is 1.36 bits per heavy atom. The zero-order valence-corrected chi connectivity index (χ0v) is 8.61. The summed E-state index contributed by atoms with van der Waals surface area (Å²) < 4.78 is 37.2. The standard InChI is InChI=1S/C10H6BrF3/c11-5-1-2-7-3-4-8(10(13)14)9(12)6-7/h3-4,6,10H,5H2. The molecular formula is C10H6BrF3. The Morgan fingerprint density at radius 3 is 2.57 bits per heavy atom. The highest BCUT2D eigenvalue weighted by Crippen LogP contribution is 2.22. The lowest BCUT2D eigenvalue weighted by Crippen LogP contribution is -1.91. The van der Waals surface area contributed by atoms with E-state index >= 15 is 0 Å². The molecule has 0 aromatic heterocycles. The second-order valence-corrected chi connectivity index (χ2v) is 3.03. The lowest BCUT2D eigenvalue weighted by Gasteiger charge is -2.00. The first-order valence-electron chi connectivity index (χ1n) is 3.77. The van der Waals surface area contributed by atoms with Gasteiger partial charge in [-0.1, -0.05) is 27.8 Å². The van der Waals surface area contributed by atoms with Crippen LogP contribution in [-0.4, -0.2) is 5.33 Å². The van der Waals surface area contributed by atoms with E-state index in [-0.39, 0.29) is 0 Å². The van der Waals surface area contributed by atoms with Crippen LogP contribution in [0, 0.1) is 17.7 Å². The first-order chi connectivity index (χ1) is 6.65. The van der Waals surface area contributed by atoms with Gasteiger partial charge in [-0.25, -0.2) is 13.2 Å². The van der Waals surface area contributed by atoms with E-state index in [9.17, 15) is 13.2 Å². The van der Waals surface area contributed by atoms with Crippen LogP contribution in [-0.2, 0) is 0 Å². The van der Waals surface area contributed by atoms with Gasteiger partial charge in [0.05, 0.1) is 10.9 Å². The van der Waals surface area contributed by atoms with Crippen LogP contribution in [0.3, 0.4) is 0 Å². The molecule has 0 unspecified atom stereocenters. The van der Waals surface area contributed by atoms with E-state index in [4.69, 9.17) is 0 Å². The van der Waals surface area contributed by atoms with E-state index in [2.05, 4.69) is 27.8 Å². The maximum absolute atomic E-state index is 13.0. The second kappa shape index (κ2) is 5.06. The molecule has 4 heteroatoms. The van der Waals surface area contributed by atoms with Gasteiger partial charge in [-0.15, -0.1) is 0 Å². The van der Waals surface area contributed by atoms with Crippen molar-refractivity contribution in [1.29, 1.82) is 0 Å². The molecule has 1 rings (SSSR count). The Balaban J connectivity index is 3.00. The van der Waals surface area contributed by atoms with Gasteiger partial charge < -0.3 is 0 Å². The van der Waals surface area contributed by atoms with E-state index in [1.54, 1.807) is 0 Å². The van der Waals surface area contributed by atoms with Crippen molar-refractivity contribution in [3.8, 4) is 11.8 Å². The number of hydrogen-bond donors (Lipinski definition) is 0. The Labute approximate surface area is 88.3 Å². The molecule has 0 radical (unpaired) electrons. The normalized spacial score (nSPS) is 9.79. The van der Waals surface area contributed by atoms with Gasteiger partial charge >= 0.3 is 0 Å². The monoisotopic (exact) mass is 262 g/mol. The SMILES string of the molecule is Fc1cc(C#CCBr)ccc1C(F)F. The van der Waals surface area contributed by atoms with Crippen molar-refractivity contribution in [2.45, 2.75) is 6.43 Å². The third-order valence-corrected chi connectivity index (χ3v) is 1.82. The third kappa shape index (κ3) is 2.78. The Bertz CT molecular complexity index is 377. The summed E-state index contributed by atoms with van der Waals surface area (Å²) in [6, 6.07) is 3.44. The fourth-order valence-electron chi connectivity index (χ4n) is 0.917. The zero-order chi connectivity index (χ0) is 10.6. The van der Waals surface area contributed by atoms with Gasteiger partial charge in [0, 0.05) is 5.56 Å². The van der Waals surface area contributed by atoms with Crippen molar-refractivity contribution in [3.63, 3.8) is 0 Å². The fraction of sp³-hybridized carbons (Fsp3) is 0.200. The van der Waals surface area contributed by atoms with Gasteiger partial charge in [-0.2, -0.15) is 0 Å². The molecule has 0 saturated carbocycles. The van der Waals surface area contributed by atoms with E-state index in [1.807, 2.05) is 0 Å². The lowest BCUT2D eigenvalue weighted by molar-refractivity contribution is 0.146. The molecule has 0 N–H and O–H groups in total. The van der Waals surface area contributed by atoms with Gasteiger partial charge in [0.25, 0.3) is 6.43 Å². The summed E-state index contributed by atoms with van der Waals surface area (Å²) in [7, 11) is 0. The predicted molar refractivity (Wildman–Crippen MR) is 52.0 cm³/mol. The molecule has 0 heterocycles. The zero-order valence-electron chi connectivity index (χ0n) is 7.03. The molecule has 0 spiro atoms. The van der Waals surface area contributed by atoms with Crippen molar-refractivity contribution < 1.29 is 13.2 Å². The minimum atomic E-state index is -2.78. The summed E-state index contributed by atoms with van der Waals surface area (Å²) in [6.45, 7) is 0. The van der Waals surface area contributed by atoms with Crippen molar-refractivity contribution in [2.75, 3.05) is 5.33 Å². The van der Waals surface area contributed by atoms with E-state index in [1.165, 1.54) is 6.07 Å². The van der Waals surface area contributed by atoms with E-state index in [0.29, 0.717) is 10.9 Å². The summed E-state index contributed by atoms with van der Waals surface area (Å²) in [4.78, 5) is 0. The molecule has 0 saturated heterocycles. The van der Waals surface area contributed by atoms with Crippen molar-refractivity contribution >= 4 is 15.9 Å². The highest BCUT2D eigenvalue weighted by molar-refractivity contribution is 9.09. The van der Waals surface area contributed by atoms with Crippen LogP contribution < -0.4 is 0 Å². The fourth-order valence-corrected chi connectivity index (χ4v) is 1.06. The van der Waals surface area contributed by atoms with Crippen LogP contribution in [0.25, 0.3) is 0 Å². The van der Waals surface area contributed by atoms with Crippen molar-refractivity contribution in [3.05, 3.63) is 35.1 Å². The van der Waals surface area contributed by atoms with Gasteiger partial charge in [0.1, 0.15) is 5.82 Å². The van der Waals surface area contributed by atoms with Crippen LogP contribution in [0.2, 0.25) is 0 Å². The smallest absolute Gasteiger partial charge is 0.206 e. The highest BCUT2D eigenvalue weighted by Gasteiger charge is 2.12. The highest BCUT2D eigenvalue weighted by atomic mass is 79.9. The van der Waals surface area contributed by atoms with Crippen LogP contribution in [0.15, 0.2) is 18.2 Å². The van der Waals surface area contributed by atoms with Crippen molar-refractivity contribution in [2.24, 2.45) is 0 Å². The second-order valence-electron chi connectivity index (χ2n) is 2.47. The minimum Gasteiger partial charge on any atom is -0.206 e. The molecular weight excluding hydrogens is 257 g/mol. The number of hydrogen-bond acceptors (Lipinski definition) is 0. The van der Waals surface area contributed by atoms with Crippen LogP contribution in [0.1, 0.15) is 17.6 Å². The average Bonchev–Trinajstić information content (AvgIpc) is 2.14. The Kier molecular flexibility index (Phi) is 4.02. The van der Waals surface area contributed by atoms with Gasteiger partial charge in [0.15, 0.2) is 0 Å². The molecule has 0 nitrogen and oxygen atoms in total. The molecule has 1 aromatic carbocycles. The number of benzene rings is 1. The van der Waals surface area contributed by atoms with E-state index < -0.39 is 17.8 Å². The average molecular weight is 263 g/mol. The molecule has 14 heavy (non-hydrogen) atoms. The Hall–Kier alpha value is -0.950. The summed E-state index contributed by atoms with van der Waals surface area (Å²) in [5.41, 5.74) is -0.194. The topological polar surface area (TPSA) is 0 Å². The maximum Gasteiger partial charge on any atom is 0.266 e.